The Kier molecular flexibility index (Phi) is 9.48. The highest BCUT2D eigenvalue weighted by molar-refractivity contribution is 7.89. The lowest BCUT2D eigenvalue weighted by Crippen LogP contribution is -2.54. The molecule has 9 nitrogen and oxygen atoms in total. The van der Waals surface area contributed by atoms with Gasteiger partial charge in [-0.15, -0.1) is 4.83 Å². The van der Waals surface area contributed by atoms with Crippen molar-refractivity contribution < 1.29 is 26.3 Å². The molecule has 1 fully saturated rings. The number of sulfonamides is 1. The second-order valence-electron chi connectivity index (χ2n) is 11.4. The van der Waals surface area contributed by atoms with E-state index in [1.807, 2.05) is 54.3 Å². The van der Waals surface area contributed by atoms with Crippen LogP contribution in [0.2, 0.25) is 0 Å². The molecular weight excluding hydrogens is 629 g/mol. The van der Waals surface area contributed by atoms with E-state index in [9.17, 15) is 21.6 Å². The first-order valence-corrected chi connectivity index (χ1v) is 17.0. The second-order valence-corrected chi connectivity index (χ2v) is 13.0. The van der Waals surface area contributed by atoms with E-state index in [1.54, 1.807) is 0 Å². The minimum Gasteiger partial charge on any atom is -0.494 e. The van der Waals surface area contributed by atoms with Crippen LogP contribution < -0.4 is 35.4 Å². The van der Waals surface area contributed by atoms with Crippen molar-refractivity contribution in [1.82, 2.24) is 10.3 Å². The zero-order chi connectivity index (χ0) is 33.0. The van der Waals surface area contributed by atoms with Gasteiger partial charge in [0.1, 0.15) is 11.9 Å². The SMILES string of the molecule is CCOc1ccc(N2CC(NNS(=O)(=O)c3ccccc3C(F)(F)F)Nc3ccccc32)c(CNc2ccc(N3CCCC3)cc2)c1. The maximum absolute atomic E-state index is 13.6. The van der Waals surface area contributed by atoms with Gasteiger partial charge in [0, 0.05) is 36.7 Å². The number of hydrogen-bond acceptors (Lipinski definition) is 8. The first-order valence-electron chi connectivity index (χ1n) is 15.5. The Morgan fingerprint density at radius 3 is 2.38 bits per heavy atom. The number of ether oxygens (including phenoxy) is 1. The van der Waals surface area contributed by atoms with Gasteiger partial charge in [0.15, 0.2) is 0 Å². The van der Waals surface area contributed by atoms with E-state index in [0.29, 0.717) is 18.9 Å². The zero-order valence-corrected chi connectivity index (χ0v) is 26.7. The van der Waals surface area contributed by atoms with E-state index in [2.05, 4.69) is 50.1 Å². The summed E-state index contributed by atoms with van der Waals surface area (Å²) in [6.07, 6.45) is -3.12. The van der Waals surface area contributed by atoms with Crippen molar-refractivity contribution in [2.45, 2.75) is 43.5 Å². The molecule has 0 aliphatic carbocycles. The summed E-state index contributed by atoms with van der Waals surface area (Å²) in [4.78, 5) is 5.74. The van der Waals surface area contributed by atoms with Crippen LogP contribution in [-0.4, -0.2) is 40.8 Å². The molecule has 1 unspecified atom stereocenters. The molecule has 0 saturated carbocycles. The minimum atomic E-state index is -4.84. The molecule has 2 aliphatic heterocycles. The number of rotatable bonds is 11. The first kappa shape index (κ1) is 32.5. The van der Waals surface area contributed by atoms with Crippen molar-refractivity contribution in [3.8, 4) is 5.75 Å². The molecule has 248 valence electrons. The van der Waals surface area contributed by atoms with Crippen LogP contribution in [0.15, 0.2) is 95.9 Å². The third-order valence-electron chi connectivity index (χ3n) is 8.21. The molecule has 1 saturated heterocycles. The van der Waals surface area contributed by atoms with Gasteiger partial charge >= 0.3 is 6.18 Å². The topological polar surface area (TPSA) is 98.0 Å². The van der Waals surface area contributed by atoms with Crippen LogP contribution in [-0.2, 0) is 22.7 Å². The van der Waals surface area contributed by atoms with Crippen molar-refractivity contribution in [2.24, 2.45) is 0 Å². The number of halogens is 3. The molecule has 6 rings (SSSR count). The lowest BCUT2D eigenvalue weighted by atomic mass is 10.1. The van der Waals surface area contributed by atoms with Gasteiger partial charge in [-0.3, -0.25) is 0 Å². The van der Waals surface area contributed by atoms with E-state index in [-0.39, 0.29) is 6.54 Å². The van der Waals surface area contributed by atoms with Crippen molar-refractivity contribution in [3.63, 3.8) is 0 Å². The summed E-state index contributed by atoms with van der Waals surface area (Å²) in [6.45, 7) is 5.29. The summed E-state index contributed by atoms with van der Waals surface area (Å²) in [5.41, 5.74) is 7.03. The molecule has 2 heterocycles. The van der Waals surface area contributed by atoms with E-state index in [0.717, 1.165) is 59.6 Å². The van der Waals surface area contributed by atoms with Gasteiger partial charge in [0.2, 0.25) is 0 Å². The monoisotopic (exact) mass is 666 g/mol. The van der Waals surface area contributed by atoms with Crippen LogP contribution in [0.25, 0.3) is 0 Å². The Morgan fingerprint density at radius 1 is 0.915 bits per heavy atom. The molecular formula is C34H37F3N6O3S. The second kappa shape index (κ2) is 13.7. The summed E-state index contributed by atoms with van der Waals surface area (Å²) < 4.78 is 72.8. The summed E-state index contributed by atoms with van der Waals surface area (Å²) in [6, 6.07) is 25.9. The van der Waals surface area contributed by atoms with E-state index < -0.39 is 32.8 Å². The molecule has 0 bridgehead atoms. The summed E-state index contributed by atoms with van der Waals surface area (Å²) >= 11 is 0. The zero-order valence-electron chi connectivity index (χ0n) is 25.8. The minimum absolute atomic E-state index is 0.242. The van der Waals surface area contributed by atoms with Gasteiger partial charge in [-0.1, -0.05) is 24.3 Å². The van der Waals surface area contributed by atoms with Crippen LogP contribution >= 0.6 is 0 Å². The van der Waals surface area contributed by atoms with Crippen molar-refractivity contribution >= 4 is 38.5 Å². The number of alkyl halides is 3. The van der Waals surface area contributed by atoms with Crippen LogP contribution in [0.1, 0.15) is 30.9 Å². The molecule has 0 spiro atoms. The molecule has 0 radical (unpaired) electrons. The average molecular weight is 667 g/mol. The van der Waals surface area contributed by atoms with Gasteiger partial charge in [-0.2, -0.15) is 13.2 Å². The van der Waals surface area contributed by atoms with E-state index in [1.165, 1.54) is 24.6 Å². The van der Waals surface area contributed by atoms with Gasteiger partial charge in [0.25, 0.3) is 10.0 Å². The highest BCUT2D eigenvalue weighted by Gasteiger charge is 2.37. The molecule has 4 N–H and O–H groups in total. The van der Waals surface area contributed by atoms with E-state index >= 15 is 0 Å². The lowest BCUT2D eigenvalue weighted by molar-refractivity contribution is -0.139. The molecule has 0 aromatic heterocycles. The lowest BCUT2D eigenvalue weighted by Gasteiger charge is -2.38. The fourth-order valence-corrected chi connectivity index (χ4v) is 7.12. The van der Waals surface area contributed by atoms with Gasteiger partial charge in [-0.25, -0.2) is 13.8 Å². The van der Waals surface area contributed by atoms with Crippen molar-refractivity contribution in [3.05, 3.63) is 102 Å². The van der Waals surface area contributed by atoms with E-state index in [4.69, 9.17) is 4.74 Å². The van der Waals surface area contributed by atoms with Crippen LogP contribution in [0.3, 0.4) is 0 Å². The Labute approximate surface area is 272 Å². The number of anilines is 5. The van der Waals surface area contributed by atoms with Crippen molar-refractivity contribution in [1.29, 1.82) is 0 Å². The fourth-order valence-electron chi connectivity index (χ4n) is 5.98. The molecule has 2 aliphatic rings. The molecule has 13 heteroatoms. The Balaban J connectivity index is 1.24. The van der Waals surface area contributed by atoms with Crippen molar-refractivity contribution in [2.75, 3.05) is 46.7 Å². The predicted octanol–water partition coefficient (Wildman–Crippen LogP) is 6.69. The van der Waals surface area contributed by atoms with Crippen LogP contribution in [0.5, 0.6) is 5.75 Å². The molecule has 47 heavy (non-hydrogen) atoms. The number of para-hydroxylation sites is 2. The molecule has 4 aromatic carbocycles. The highest BCUT2D eigenvalue weighted by atomic mass is 32.2. The Hall–Kier alpha value is -4.46. The number of hydrazine groups is 1. The average Bonchev–Trinajstić information content (AvgIpc) is 3.62. The molecule has 1 atom stereocenters. The maximum Gasteiger partial charge on any atom is 0.417 e. The van der Waals surface area contributed by atoms with Crippen LogP contribution in [0, 0.1) is 0 Å². The normalized spacial score (nSPS) is 16.5. The number of hydrogen-bond donors (Lipinski definition) is 4. The molecule has 0 amide bonds. The Bertz CT molecular complexity index is 1800. The van der Waals surface area contributed by atoms with Crippen LogP contribution in [0.4, 0.5) is 41.6 Å². The van der Waals surface area contributed by atoms with Gasteiger partial charge in [-0.05, 0) is 92.1 Å². The number of fused-ring (bicyclic) bond motifs is 1. The molecule has 4 aromatic rings. The quantitative estimate of drug-likeness (QED) is 0.132. The number of benzene rings is 4. The third-order valence-corrected chi connectivity index (χ3v) is 9.54. The van der Waals surface area contributed by atoms with Gasteiger partial charge < -0.3 is 25.2 Å². The summed E-state index contributed by atoms with van der Waals surface area (Å²) in [7, 11) is -4.57. The fraction of sp³-hybridized carbons (Fsp3) is 0.294. The van der Waals surface area contributed by atoms with Gasteiger partial charge in [0.05, 0.1) is 35.0 Å². The highest BCUT2D eigenvalue weighted by Crippen LogP contribution is 2.39. The predicted molar refractivity (Wildman–Crippen MR) is 179 cm³/mol. The number of nitrogens with one attached hydrogen (secondary N) is 4. The summed E-state index contributed by atoms with van der Waals surface area (Å²) in [5, 5.41) is 6.78. The Morgan fingerprint density at radius 2 is 1.64 bits per heavy atom. The first-order chi connectivity index (χ1) is 22.6. The standard InChI is InChI=1S/C34H37F3N6O3S/c1-2-46-27-17-18-30(24(21-27)22-38-25-13-15-26(16-14-25)42-19-7-8-20-42)43-23-33(39-29-10-4-5-11-31(29)43)40-41-47(44,45)32-12-6-3-9-28(32)34(35,36)37/h3-6,9-18,21,33,38-41H,2,7-8,19-20,22-23H2,1H3. The largest absolute Gasteiger partial charge is 0.494 e. The number of nitrogens with zero attached hydrogens (tertiary/aromatic N) is 2. The summed E-state index contributed by atoms with van der Waals surface area (Å²) in [5.74, 6) is 0.714. The smallest absolute Gasteiger partial charge is 0.417 e. The third kappa shape index (κ3) is 7.42. The maximum atomic E-state index is 13.6.